The number of ether oxygens (including phenoxy) is 2. The summed E-state index contributed by atoms with van der Waals surface area (Å²) >= 11 is 0. The number of nitrogens with zero attached hydrogens (tertiary/aromatic N) is 1. The minimum Gasteiger partial charge on any atom is -0.458 e. The number of aromatic nitrogens is 1. The van der Waals surface area contributed by atoms with Crippen molar-refractivity contribution in [1.82, 2.24) is 0 Å². The van der Waals surface area contributed by atoms with Gasteiger partial charge in [0.1, 0.15) is 41.2 Å². The fourth-order valence-electron chi connectivity index (χ4n) is 7.82. The first-order chi connectivity index (χ1) is 23.8. The van der Waals surface area contributed by atoms with Crippen molar-refractivity contribution in [3.05, 3.63) is 120 Å². The molecule has 7 aromatic rings. The molecule has 2 aliphatic rings. The molecule has 0 radical (unpaired) electrons. The lowest BCUT2D eigenvalue weighted by Crippen LogP contribution is -2.57. The van der Waals surface area contributed by atoms with Crippen LogP contribution in [0.25, 0.3) is 44.3 Å². The highest BCUT2D eigenvalue weighted by atomic mass is 16.5. The lowest BCUT2D eigenvalue weighted by Gasteiger charge is -2.35. The smallest absolute Gasteiger partial charge is 0.260 e. The Hall–Kier alpha value is -5.29. The maximum atomic E-state index is 6.79. The predicted octanol–water partition coefficient (Wildman–Crippen LogP) is 9.38. The molecule has 2 aromatic heterocycles. The summed E-state index contributed by atoms with van der Waals surface area (Å²) in [4.78, 5) is 0. The third-order valence-electron chi connectivity index (χ3n) is 10.7. The van der Waals surface area contributed by atoms with E-state index in [1.54, 1.807) is 0 Å². The molecule has 5 aromatic carbocycles. The van der Waals surface area contributed by atoms with Crippen LogP contribution in [0.1, 0.15) is 58.2 Å². The summed E-state index contributed by atoms with van der Waals surface area (Å²) < 4.78 is 22.4. The van der Waals surface area contributed by atoms with Crippen LogP contribution in [0.15, 0.2) is 108 Å². The Labute approximate surface area is 294 Å². The second kappa shape index (κ2) is 10.6. The van der Waals surface area contributed by atoms with E-state index in [-0.39, 0.29) is 17.5 Å². The number of hydrogen-bond donors (Lipinski definition) is 0. The first-order valence-electron chi connectivity index (χ1n) is 17.6. The first kappa shape index (κ1) is 30.7. The Morgan fingerprint density at radius 3 is 1.82 bits per heavy atom. The Balaban J connectivity index is 1.21. The molecular formula is C45H41BNO3+. The normalized spacial score (nSPS) is 13.5. The molecule has 0 amide bonds. The van der Waals surface area contributed by atoms with Crippen LogP contribution < -0.4 is 30.4 Å². The van der Waals surface area contributed by atoms with E-state index in [9.17, 15) is 0 Å². The molecule has 4 heterocycles. The van der Waals surface area contributed by atoms with Crippen molar-refractivity contribution in [2.24, 2.45) is 7.05 Å². The van der Waals surface area contributed by atoms with Crippen LogP contribution in [0, 0.1) is 6.92 Å². The number of benzene rings is 5. The van der Waals surface area contributed by atoms with Crippen molar-refractivity contribution in [1.29, 1.82) is 0 Å². The number of pyridine rings is 1. The van der Waals surface area contributed by atoms with Gasteiger partial charge in [0.15, 0.2) is 6.20 Å². The van der Waals surface area contributed by atoms with Crippen molar-refractivity contribution in [2.75, 3.05) is 0 Å². The summed E-state index contributed by atoms with van der Waals surface area (Å²) in [5.74, 6) is 3.48. The van der Waals surface area contributed by atoms with Gasteiger partial charge in [0, 0.05) is 28.4 Å². The molecule has 0 fully saturated rings. The maximum Gasteiger partial charge on any atom is 0.260 e. The van der Waals surface area contributed by atoms with Crippen LogP contribution in [0.4, 0.5) is 0 Å². The number of rotatable bonds is 2. The van der Waals surface area contributed by atoms with Gasteiger partial charge >= 0.3 is 0 Å². The standard InChI is InChI=1S/C45H41BNO3/c1-26-12-16-32-31-17-13-27(21-38(31)50-43(32)41(26)35-11-9-10-20-47(35)8)28-22-39-42-40(23-28)49-37-19-15-30(45(5,6)7)25-34(37)46(42)33-24-29(44(2,3)4)14-18-36(33)48-39/h9-25H,1-8H3/q+1. The Morgan fingerprint density at radius 2 is 1.22 bits per heavy atom. The molecule has 0 spiro atoms. The van der Waals surface area contributed by atoms with Gasteiger partial charge in [-0.3, -0.25) is 0 Å². The van der Waals surface area contributed by atoms with Gasteiger partial charge in [-0.15, -0.1) is 0 Å². The van der Waals surface area contributed by atoms with Crippen molar-refractivity contribution >= 4 is 45.0 Å². The molecule has 0 aliphatic carbocycles. The van der Waals surface area contributed by atoms with E-state index in [4.69, 9.17) is 13.9 Å². The average Bonchev–Trinajstić information content (AvgIpc) is 3.45. The van der Waals surface area contributed by atoms with Crippen LogP contribution in [0.2, 0.25) is 0 Å². The summed E-state index contributed by atoms with van der Waals surface area (Å²) in [6, 6.07) is 35.0. The zero-order chi connectivity index (χ0) is 34.7. The van der Waals surface area contributed by atoms with Gasteiger partial charge in [-0.25, -0.2) is 4.57 Å². The van der Waals surface area contributed by atoms with E-state index in [1.165, 1.54) is 27.6 Å². The van der Waals surface area contributed by atoms with Crippen LogP contribution in [0.5, 0.6) is 23.0 Å². The molecule has 0 atom stereocenters. The first-order valence-corrected chi connectivity index (χ1v) is 17.6. The lowest BCUT2D eigenvalue weighted by molar-refractivity contribution is -0.660. The quantitative estimate of drug-likeness (QED) is 0.138. The fraction of sp³-hybridized carbons (Fsp3) is 0.222. The Kier molecular flexibility index (Phi) is 6.52. The summed E-state index contributed by atoms with van der Waals surface area (Å²) in [5.41, 5.74) is 13.3. The Bertz CT molecular complexity index is 2460. The van der Waals surface area contributed by atoms with E-state index in [1.807, 2.05) is 0 Å². The molecule has 4 nitrogen and oxygen atoms in total. The molecule has 0 saturated heterocycles. The summed E-state index contributed by atoms with van der Waals surface area (Å²) in [6.07, 6.45) is 2.08. The second-order valence-electron chi connectivity index (χ2n) is 16.2. The molecule has 50 heavy (non-hydrogen) atoms. The molecule has 246 valence electrons. The summed E-state index contributed by atoms with van der Waals surface area (Å²) in [6.45, 7) is 15.8. The number of hydrogen-bond acceptors (Lipinski definition) is 3. The Morgan fingerprint density at radius 1 is 0.600 bits per heavy atom. The van der Waals surface area contributed by atoms with Crippen molar-refractivity contribution in [3.63, 3.8) is 0 Å². The van der Waals surface area contributed by atoms with Gasteiger partial charge in [0.05, 0.1) is 5.56 Å². The monoisotopic (exact) mass is 654 g/mol. The third-order valence-corrected chi connectivity index (χ3v) is 10.7. The third kappa shape index (κ3) is 4.70. The van der Waals surface area contributed by atoms with Crippen molar-refractivity contribution in [3.8, 4) is 45.4 Å². The number of furan rings is 1. The van der Waals surface area contributed by atoms with Gasteiger partial charge < -0.3 is 13.9 Å². The zero-order valence-corrected chi connectivity index (χ0v) is 30.1. The number of aryl methyl sites for hydroxylation is 2. The minimum atomic E-state index is 0.00461. The molecule has 0 bridgehead atoms. The topological polar surface area (TPSA) is 35.5 Å². The summed E-state index contributed by atoms with van der Waals surface area (Å²) in [5, 5.41) is 2.21. The molecule has 0 unspecified atom stereocenters. The summed E-state index contributed by atoms with van der Waals surface area (Å²) in [7, 11) is 2.08. The fourth-order valence-corrected chi connectivity index (χ4v) is 7.82. The lowest BCUT2D eigenvalue weighted by atomic mass is 9.34. The molecule has 0 N–H and O–H groups in total. The van der Waals surface area contributed by atoms with Gasteiger partial charge in [-0.05, 0) is 99.0 Å². The highest BCUT2D eigenvalue weighted by Crippen LogP contribution is 2.42. The highest BCUT2D eigenvalue weighted by Gasteiger charge is 2.41. The van der Waals surface area contributed by atoms with E-state index in [0.717, 1.165) is 72.8 Å². The van der Waals surface area contributed by atoms with E-state index in [0.29, 0.717) is 0 Å². The van der Waals surface area contributed by atoms with Crippen LogP contribution in [-0.2, 0) is 17.9 Å². The molecule has 2 aliphatic heterocycles. The van der Waals surface area contributed by atoms with E-state index >= 15 is 0 Å². The SMILES string of the molecule is Cc1ccc2c(oc3cc(-c4cc5c6c(c4)Oc4ccc(C(C)(C)C)cc4B6c4cc(C(C)(C)C)ccc4O5)ccc32)c1-c1cccc[n+]1C. The van der Waals surface area contributed by atoms with Crippen molar-refractivity contribution < 1.29 is 18.5 Å². The second-order valence-corrected chi connectivity index (χ2v) is 16.2. The van der Waals surface area contributed by atoms with Gasteiger partial charge in [-0.1, -0.05) is 84.0 Å². The van der Waals surface area contributed by atoms with Crippen molar-refractivity contribution in [2.45, 2.75) is 59.3 Å². The molecule has 0 saturated carbocycles. The minimum absolute atomic E-state index is 0.00461. The number of fused-ring (bicyclic) bond motifs is 7. The maximum absolute atomic E-state index is 6.79. The van der Waals surface area contributed by atoms with E-state index < -0.39 is 0 Å². The highest BCUT2D eigenvalue weighted by molar-refractivity contribution is 6.98. The molecule has 9 rings (SSSR count). The van der Waals surface area contributed by atoms with E-state index in [2.05, 4.69) is 163 Å². The largest absolute Gasteiger partial charge is 0.458 e. The average molecular weight is 655 g/mol. The molecular weight excluding hydrogens is 613 g/mol. The predicted molar refractivity (Wildman–Crippen MR) is 206 cm³/mol. The van der Waals surface area contributed by atoms with Crippen LogP contribution in [-0.4, -0.2) is 6.71 Å². The van der Waals surface area contributed by atoms with Gasteiger partial charge in [-0.2, -0.15) is 0 Å². The zero-order valence-electron chi connectivity index (χ0n) is 30.1. The molecule has 5 heteroatoms. The van der Waals surface area contributed by atoms with Crippen LogP contribution in [0.3, 0.4) is 0 Å². The van der Waals surface area contributed by atoms with Gasteiger partial charge in [0.2, 0.25) is 5.69 Å². The van der Waals surface area contributed by atoms with Gasteiger partial charge in [0.25, 0.3) is 6.71 Å². The van der Waals surface area contributed by atoms with Crippen LogP contribution >= 0.6 is 0 Å².